The van der Waals surface area contributed by atoms with Gasteiger partial charge in [-0.3, -0.25) is 0 Å². The Morgan fingerprint density at radius 3 is 2.79 bits per heavy atom. The van der Waals surface area contributed by atoms with Gasteiger partial charge in [-0.25, -0.2) is 4.99 Å². The first-order valence-electron chi connectivity index (χ1n) is 9.55. The number of nitrogens with zero attached hydrogens (tertiary/aromatic N) is 1. The molecule has 0 bridgehead atoms. The molecule has 2 aromatic carbocycles. The summed E-state index contributed by atoms with van der Waals surface area (Å²) >= 11 is 0. The standard InChI is InChI=1S/C22H28N4O2/c1-4-23-22(26-13-16-6-8-21(28-3)20(27)12-16)24-10-9-17-14-25-19-11-15(2)5-7-18(17)19/h5-8,11-12,14,25,27H,4,9-10,13H2,1-3H3,(H2,23,24,26). The van der Waals surface area contributed by atoms with Crippen LogP contribution in [0.5, 0.6) is 11.5 Å². The minimum Gasteiger partial charge on any atom is -0.504 e. The summed E-state index contributed by atoms with van der Waals surface area (Å²) in [6, 6.07) is 11.8. The Morgan fingerprint density at radius 1 is 1.18 bits per heavy atom. The fraction of sp³-hybridized carbons (Fsp3) is 0.318. The van der Waals surface area contributed by atoms with Crippen molar-refractivity contribution in [3.63, 3.8) is 0 Å². The van der Waals surface area contributed by atoms with E-state index in [2.05, 4.69) is 51.9 Å². The van der Waals surface area contributed by atoms with Crippen LogP contribution in [0.3, 0.4) is 0 Å². The SMILES string of the molecule is CCNC(=NCc1ccc(OC)c(O)c1)NCCc1c[nH]c2cc(C)ccc12. The molecule has 6 heteroatoms. The smallest absolute Gasteiger partial charge is 0.191 e. The molecule has 0 fully saturated rings. The number of methoxy groups -OCH3 is 1. The number of aliphatic imine (C=N–C) groups is 1. The van der Waals surface area contributed by atoms with Crippen LogP contribution in [0.1, 0.15) is 23.6 Å². The Balaban J connectivity index is 1.60. The number of aryl methyl sites for hydroxylation is 1. The quantitative estimate of drug-likeness (QED) is 0.374. The first-order valence-corrected chi connectivity index (χ1v) is 9.55. The molecule has 0 unspecified atom stereocenters. The van der Waals surface area contributed by atoms with Crippen LogP contribution in [0.2, 0.25) is 0 Å². The van der Waals surface area contributed by atoms with Crippen molar-refractivity contribution >= 4 is 16.9 Å². The lowest BCUT2D eigenvalue weighted by atomic mass is 10.1. The number of ether oxygens (including phenoxy) is 1. The zero-order valence-electron chi connectivity index (χ0n) is 16.7. The van der Waals surface area contributed by atoms with Gasteiger partial charge in [-0.1, -0.05) is 18.2 Å². The van der Waals surface area contributed by atoms with Crippen molar-refractivity contribution < 1.29 is 9.84 Å². The van der Waals surface area contributed by atoms with Crippen molar-refractivity contribution in [1.82, 2.24) is 15.6 Å². The largest absolute Gasteiger partial charge is 0.504 e. The highest BCUT2D eigenvalue weighted by molar-refractivity contribution is 5.84. The van der Waals surface area contributed by atoms with E-state index < -0.39 is 0 Å². The maximum atomic E-state index is 9.90. The second-order valence-corrected chi connectivity index (χ2v) is 6.74. The van der Waals surface area contributed by atoms with E-state index in [-0.39, 0.29) is 5.75 Å². The van der Waals surface area contributed by atoms with E-state index in [4.69, 9.17) is 4.74 Å². The number of hydrogen-bond donors (Lipinski definition) is 4. The van der Waals surface area contributed by atoms with Crippen LogP contribution in [0.15, 0.2) is 47.6 Å². The number of hydrogen-bond acceptors (Lipinski definition) is 3. The van der Waals surface area contributed by atoms with E-state index in [0.717, 1.165) is 31.0 Å². The van der Waals surface area contributed by atoms with Crippen molar-refractivity contribution in [3.05, 3.63) is 59.3 Å². The number of rotatable bonds is 7. The fourth-order valence-electron chi connectivity index (χ4n) is 3.17. The molecule has 0 aliphatic heterocycles. The minimum atomic E-state index is 0.128. The number of nitrogens with one attached hydrogen (secondary N) is 3. The molecular formula is C22H28N4O2. The molecule has 0 saturated heterocycles. The molecule has 6 nitrogen and oxygen atoms in total. The number of H-pyrrole nitrogens is 1. The van der Waals surface area contributed by atoms with Crippen LogP contribution < -0.4 is 15.4 Å². The van der Waals surface area contributed by atoms with E-state index in [0.29, 0.717) is 12.3 Å². The number of phenolic OH excluding ortho intramolecular Hbond substituents is 1. The number of aromatic amines is 1. The summed E-state index contributed by atoms with van der Waals surface area (Å²) in [6.07, 6.45) is 2.98. The molecular weight excluding hydrogens is 352 g/mol. The van der Waals surface area contributed by atoms with Gasteiger partial charge in [-0.2, -0.15) is 0 Å². The lowest BCUT2D eigenvalue weighted by molar-refractivity contribution is 0.373. The van der Waals surface area contributed by atoms with E-state index in [1.165, 1.54) is 29.1 Å². The average Bonchev–Trinajstić information content (AvgIpc) is 3.08. The number of benzene rings is 2. The van der Waals surface area contributed by atoms with Crippen LogP contribution in [-0.4, -0.2) is 36.2 Å². The Bertz CT molecular complexity index is 962. The van der Waals surface area contributed by atoms with Gasteiger partial charge < -0.3 is 25.5 Å². The highest BCUT2D eigenvalue weighted by Crippen LogP contribution is 2.26. The Kier molecular flexibility index (Phi) is 6.42. The second kappa shape index (κ2) is 9.17. The van der Waals surface area contributed by atoms with Crippen molar-refractivity contribution in [3.8, 4) is 11.5 Å². The number of aromatic nitrogens is 1. The summed E-state index contributed by atoms with van der Waals surface area (Å²) in [5, 5.41) is 17.8. The molecule has 0 spiro atoms. The van der Waals surface area contributed by atoms with Gasteiger partial charge in [0.15, 0.2) is 17.5 Å². The van der Waals surface area contributed by atoms with E-state index in [1.807, 2.05) is 13.0 Å². The first-order chi connectivity index (χ1) is 13.6. The fourth-order valence-corrected chi connectivity index (χ4v) is 3.17. The predicted octanol–water partition coefficient (Wildman–Crippen LogP) is 3.49. The monoisotopic (exact) mass is 380 g/mol. The van der Waals surface area contributed by atoms with Crippen molar-refractivity contribution in [1.29, 1.82) is 0 Å². The normalized spacial score (nSPS) is 11.6. The third kappa shape index (κ3) is 4.76. The Hall–Kier alpha value is -3.15. The van der Waals surface area contributed by atoms with Gasteiger partial charge in [0.1, 0.15) is 0 Å². The molecule has 0 saturated carbocycles. The number of aromatic hydroxyl groups is 1. The van der Waals surface area contributed by atoms with Gasteiger partial charge in [0.05, 0.1) is 13.7 Å². The maximum Gasteiger partial charge on any atom is 0.191 e. The van der Waals surface area contributed by atoms with Crippen LogP contribution >= 0.6 is 0 Å². The Labute approximate surface area is 165 Å². The molecule has 28 heavy (non-hydrogen) atoms. The van der Waals surface area contributed by atoms with Crippen LogP contribution in [0, 0.1) is 6.92 Å². The third-order valence-corrected chi connectivity index (χ3v) is 4.62. The molecule has 1 heterocycles. The number of fused-ring (bicyclic) bond motifs is 1. The van der Waals surface area contributed by atoms with Crippen LogP contribution in [0.4, 0.5) is 0 Å². The average molecular weight is 380 g/mol. The maximum absolute atomic E-state index is 9.90. The van der Waals surface area contributed by atoms with Crippen molar-refractivity contribution in [2.75, 3.05) is 20.2 Å². The summed E-state index contributed by atoms with van der Waals surface area (Å²) in [5.41, 5.74) is 4.64. The van der Waals surface area contributed by atoms with Gasteiger partial charge >= 0.3 is 0 Å². The summed E-state index contributed by atoms with van der Waals surface area (Å²) in [4.78, 5) is 7.95. The minimum absolute atomic E-state index is 0.128. The van der Waals surface area contributed by atoms with Gasteiger partial charge in [-0.05, 0) is 55.2 Å². The molecule has 148 valence electrons. The zero-order chi connectivity index (χ0) is 19.9. The lowest BCUT2D eigenvalue weighted by Crippen LogP contribution is -2.38. The topological polar surface area (TPSA) is 81.7 Å². The summed E-state index contributed by atoms with van der Waals surface area (Å²) < 4.78 is 5.08. The third-order valence-electron chi connectivity index (χ3n) is 4.62. The van der Waals surface area contributed by atoms with E-state index >= 15 is 0 Å². The van der Waals surface area contributed by atoms with Crippen LogP contribution in [0.25, 0.3) is 10.9 Å². The molecule has 4 N–H and O–H groups in total. The van der Waals surface area contributed by atoms with Gasteiger partial charge in [0, 0.05) is 30.2 Å². The molecule has 0 radical (unpaired) electrons. The lowest BCUT2D eigenvalue weighted by Gasteiger charge is -2.11. The summed E-state index contributed by atoms with van der Waals surface area (Å²) in [6.45, 7) is 6.17. The van der Waals surface area contributed by atoms with Crippen molar-refractivity contribution in [2.45, 2.75) is 26.8 Å². The van der Waals surface area contributed by atoms with Gasteiger partial charge in [0.25, 0.3) is 0 Å². The summed E-state index contributed by atoms with van der Waals surface area (Å²) in [7, 11) is 1.54. The molecule has 3 rings (SSSR count). The van der Waals surface area contributed by atoms with Gasteiger partial charge in [-0.15, -0.1) is 0 Å². The zero-order valence-corrected chi connectivity index (χ0v) is 16.7. The molecule has 0 atom stereocenters. The van der Waals surface area contributed by atoms with E-state index in [9.17, 15) is 5.11 Å². The molecule has 0 aliphatic rings. The van der Waals surface area contributed by atoms with Crippen LogP contribution in [-0.2, 0) is 13.0 Å². The highest BCUT2D eigenvalue weighted by atomic mass is 16.5. The molecule has 3 aromatic rings. The molecule has 0 aliphatic carbocycles. The Morgan fingerprint density at radius 2 is 2.04 bits per heavy atom. The number of guanidine groups is 1. The summed E-state index contributed by atoms with van der Waals surface area (Å²) in [5.74, 6) is 1.35. The molecule has 0 amide bonds. The highest BCUT2D eigenvalue weighted by Gasteiger charge is 2.05. The van der Waals surface area contributed by atoms with E-state index in [1.54, 1.807) is 12.1 Å². The van der Waals surface area contributed by atoms with Gasteiger partial charge in [0.2, 0.25) is 0 Å². The number of phenols is 1. The van der Waals surface area contributed by atoms with Crippen molar-refractivity contribution in [2.24, 2.45) is 4.99 Å². The second-order valence-electron chi connectivity index (χ2n) is 6.74. The first kappa shape index (κ1) is 19.6. The predicted molar refractivity (Wildman–Crippen MR) is 114 cm³/mol. The molecule has 1 aromatic heterocycles.